The first kappa shape index (κ1) is 16.6. The first-order valence-corrected chi connectivity index (χ1v) is 8.67. The maximum absolute atomic E-state index is 13.4. The highest BCUT2D eigenvalue weighted by atomic mass is 32.2. The molecule has 1 saturated carbocycles. The zero-order chi connectivity index (χ0) is 15.6. The van der Waals surface area contributed by atoms with Gasteiger partial charge in [0.2, 0.25) is 0 Å². The van der Waals surface area contributed by atoms with Gasteiger partial charge in [0, 0.05) is 10.9 Å². The van der Waals surface area contributed by atoms with Gasteiger partial charge in [-0.15, -0.1) is 0 Å². The third-order valence-corrected chi connectivity index (χ3v) is 6.08. The van der Waals surface area contributed by atoms with Gasteiger partial charge in [0.25, 0.3) is 0 Å². The van der Waals surface area contributed by atoms with Crippen LogP contribution < -0.4 is 5.32 Å². The Balaban J connectivity index is 2.22. The lowest BCUT2D eigenvalue weighted by atomic mass is 9.87. The largest absolute Gasteiger partial charge is 0.312 e. The molecule has 0 aromatic heterocycles. The summed E-state index contributed by atoms with van der Waals surface area (Å²) in [7, 11) is -1.33. The SMILES string of the molecule is CCCNC1C(S(=O)c2ccc(F)c(F)c2)CCC1(C)C. The molecule has 21 heavy (non-hydrogen) atoms. The van der Waals surface area contributed by atoms with Gasteiger partial charge < -0.3 is 5.32 Å². The second kappa shape index (κ2) is 6.53. The molecule has 1 aromatic carbocycles. The molecule has 3 atom stereocenters. The second-order valence-corrected chi connectivity index (χ2v) is 8.04. The molecule has 1 fully saturated rings. The van der Waals surface area contributed by atoms with Gasteiger partial charge in [-0.1, -0.05) is 20.8 Å². The predicted octanol–water partition coefficient (Wildman–Crippen LogP) is 3.63. The Hall–Kier alpha value is -0.810. The van der Waals surface area contributed by atoms with Gasteiger partial charge in [-0.3, -0.25) is 4.21 Å². The standard InChI is InChI=1S/C16H23F2NOS/c1-4-9-19-15-14(7-8-16(15,2)3)21(20)11-5-6-12(17)13(18)10-11/h5-6,10,14-15,19H,4,7-9H2,1-3H3. The summed E-state index contributed by atoms with van der Waals surface area (Å²) in [5.41, 5.74) is 0.0636. The Morgan fingerprint density at radius 3 is 2.67 bits per heavy atom. The average Bonchev–Trinajstić information content (AvgIpc) is 2.74. The Bertz CT molecular complexity index is 533. The highest BCUT2D eigenvalue weighted by molar-refractivity contribution is 7.85. The van der Waals surface area contributed by atoms with Crippen LogP contribution in [0, 0.1) is 17.0 Å². The van der Waals surface area contributed by atoms with Crippen molar-refractivity contribution in [1.29, 1.82) is 0 Å². The van der Waals surface area contributed by atoms with Crippen molar-refractivity contribution in [3.8, 4) is 0 Å². The summed E-state index contributed by atoms with van der Waals surface area (Å²) in [6.07, 6.45) is 2.82. The van der Waals surface area contributed by atoms with E-state index in [2.05, 4.69) is 26.1 Å². The molecule has 1 aromatic rings. The molecule has 5 heteroatoms. The Labute approximate surface area is 127 Å². The van der Waals surface area contributed by atoms with Gasteiger partial charge in [-0.2, -0.15) is 0 Å². The summed E-state index contributed by atoms with van der Waals surface area (Å²) in [4.78, 5) is 0.375. The third kappa shape index (κ3) is 3.51. The predicted molar refractivity (Wildman–Crippen MR) is 81.7 cm³/mol. The minimum absolute atomic E-state index is 0.0589. The van der Waals surface area contributed by atoms with Crippen LogP contribution in [0.4, 0.5) is 8.78 Å². The number of halogens is 2. The molecule has 118 valence electrons. The lowest BCUT2D eigenvalue weighted by Crippen LogP contribution is -2.46. The van der Waals surface area contributed by atoms with E-state index in [-0.39, 0.29) is 16.7 Å². The Morgan fingerprint density at radius 2 is 2.05 bits per heavy atom. The smallest absolute Gasteiger partial charge is 0.160 e. The Morgan fingerprint density at radius 1 is 1.33 bits per heavy atom. The number of hydrogen-bond donors (Lipinski definition) is 1. The topological polar surface area (TPSA) is 29.1 Å². The molecule has 1 aliphatic rings. The van der Waals surface area contributed by atoms with Crippen molar-refractivity contribution < 1.29 is 13.0 Å². The number of hydrogen-bond acceptors (Lipinski definition) is 2. The van der Waals surface area contributed by atoms with Gasteiger partial charge in [0.05, 0.1) is 16.0 Å². The van der Waals surface area contributed by atoms with E-state index in [0.717, 1.165) is 37.9 Å². The fraction of sp³-hybridized carbons (Fsp3) is 0.625. The second-order valence-electron chi connectivity index (χ2n) is 6.37. The minimum Gasteiger partial charge on any atom is -0.312 e. The fourth-order valence-corrected chi connectivity index (χ4v) is 4.87. The first-order valence-electron chi connectivity index (χ1n) is 7.46. The monoisotopic (exact) mass is 315 g/mol. The average molecular weight is 315 g/mol. The molecule has 0 amide bonds. The van der Waals surface area contributed by atoms with E-state index in [1.807, 2.05) is 0 Å². The van der Waals surface area contributed by atoms with Crippen LogP contribution in [-0.2, 0) is 10.8 Å². The Kier molecular flexibility index (Phi) is 5.15. The van der Waals surface area contributed by atoms with Gasteiger partial charge in [-0.25, -0.2) is 8.78 Å². The molecule has 0 spiro atoms. The summed E-state index contributed by atoms with van der Waals surface area (Å²) < 4.78 is 39.1. The van der Waals surface area contributed by atoms with Crippen molar-refractivity contribution in [3.63, 3.8) is 0 Å². The van der Waals surface area contributed by atoms with Crippen molar-refractivity contribution in [2.24, 2.45) is 5.41 Å². The van der Waals surface area contributed by atoms with E-state index in [1.54, 1.807) is 0 Å². The normalized spacial score (nSPS) is 26.0. The van der Waals surface area contributed by atoms with Gasteiger partial charge in [0.1, 0.15) is 0 Å². The van der Waals surface area contributed by atoms with Gasteiger partial charge in [-0.05, 0) is 49.4 Å². The van der Waals surface area contributed by atoms with Crippen LogP contribution in [-0.4, -0.2) is 22.0 Å². The lowest BCUT2D eigenvalue weighted by Gasteiger charge is -2.31. The van der Waals surface area contributed by atoms with Gasteiger partial charge >= 0.3 is 0 Å². The summed E-state index contributed by atoms with van der Waals surface area (Å²) >= 11 is 0. The molecular weight excluding hydrogens is 292 g/mol. The summed E-state index contributed by atoms with van der Waals surface area (Å²) in [6, 6.07) is 3.67. The van der Waals surface area contributed by atoms with E-state index < -0.39 is 22.4 Å². The number of nitrogens with one attached hydrogen (secondary N) is 1. The molecule has 1 N–H and O–H groups in total. The van der Waals surface area contributed by atoms with Gasteiger partial charge in [0.15, 0.2) is 11.6 Å². The van der Waals surface area contributed by atoms with Crippen molar-refractivity contribution in [1.82, 2.24) is 5.32 Å². The van der Waals surface area contributed by atoms with Crippen molar-refractivity contribution in [2.75, 3.05) is 6.54 Å². The molecule has 2 rings (SSSR count). The molecule has 0 heterocycles. The van der Waals surface area contributed by atoms with E-state index >= 15 is 0 Å². The van der Waals surface area contributed by atoms with E-state index in [1.165, 1.54) is 6.07 Å². The molecule has 0 bridgehead atoms. The first-order chi connectivity index (χ1) is 9.86. The maximum Gasteiger partial charge on any atom is 0.160 e. The molecule has 2 nitrogen and oxygen atoms in total. The van der Waals surface area contributed by atoms with Crippen molar-refractivity contribution in [2.45, 2.75) is 56.2 Å². The zero-order valence-electron chi connectivity index (χ0n) is 12.8. The van der Waals surface area contributed by atoms with Crippen LogP contribution in [0.15, 0.2) is 23.1 Å². The highest BCUT2D eigenvalue weighted by Gasteiger charge is 2.44. The maximum atomic E-state index is 13.4. The van der Waals surface area contributed by atoms with E-state index in [4.69, 9.17) is 0 Å². The molecule has 0 aliphatic heterocycles. The molecule has 0 radical (unpaired) electrons. The summed E-state index contributed by atoms with van der Waals surface area (Å²) in [6.45, 7) is 7.31. The molecule has 3 unspecified atom stereocenters. The minimum atomic E-state index is -1.33. The van der Waals surface area contributed by atoms with Crippen LogP contribution >= 0.6 is 0 Å². The number of benzene rings is 1. The zero-order valence-corrected chi connectivity index (χ0v) is 13.6. The fourth-order valence-electron chi connectivity index (χ4n) is 3.05. The van der Waals surface area contributed by atoms with Crippen LogP contribution in [0.5, 0.6) is 0 Å². The third-order valence-electron chi connectivity index (χ3n) is 4.30. The van der Waals surface area contributed by atoms with Crippen LogP contribution in [0.3, 0.4) is 0 Å². The molecule has 1 aliphatic carbocycles. The van der Waals surface area contributed by atoms with Crippen LogP contribution in [0.25, 0.3) is 0 Å². The van der Waals surface area contributed by atoms with E-state index in [0.29, 0.717) is 4.90 Å². The molecular formula is C16H23F2NOS. The summed E-state index contributed by atoms with van der Waals surface area (Å²) in [5, 5.41) is 3.43. The number of rotatable bonds is 5. The van der Waals surface area contributed by atoms with Crippen molar-refractivity contribution in [3.05, 3.63) is 29.8 Å². The highest BCUT2D eigenvalue weighted by Crippen LogP contribution is 2.41. The quantitative estimate of drug-likeness (QED) is 0.899. The lowest BCUT2D eigenvalue weighted by molar-refractivity contribution is 0.286. The van der Waals surface area contributed by atoms with Crippen molar-refractivity contribution >= 4 is 10.8 Å². The molecule has 0 saturated heterocycles. The van der Waals surface area contributed by atoms with Crippen LogP contribution in [0.2, 0.25) is 0 Å². The van der Waals surface area contributed by atoms with Crippen LogP contribution in [0.1, 0.15) is 40.0 Å². The summed E-state index contributed by atoms with van der Waals surface area (Å²) in [5.74, 6) is -1.83. The van der Waals surface area contributed by atoms with E-state index in [9.17, 15) is 13.0 Å².